The van der Waals surface area contributed by atoms with Crippen LogP contribution in [0.4, 0.5) is 4.79 Å². The summed E-state index contributed by atoms with van der Waals surface area (Å²) in [5.41, 5.74) is 0. The number of hydrogen-bond acceptors (Lipinski definition) is 5. The Morgan fingerprint density at radius 3 is 3.05 bits per heavy atom. The zero-order valence-corrected chi connectivity index (χ0v) is 13.5. The summed E-state index contributed by atoms with van der Waals surface area (Å²) in [4.78, 5) is 22.8. The summed E-state index contributed by atoms with van der Waals surface area (Å²) in [7, 11) is 3.27. The fourth-order valence-corrected chi connectivity index (χ4v) is 5.19. The van der Waals surface area contributed by atoms with Crippen molar-refractivity contribution in [3.05, 3.63) is 0 Å². The molecule has 2 saturated heterocycles. The van der Waals surface area contributed by atoms with E-state index >= 15 is 0 Å². The number of Topliss-reactive ketones (excluding diaryl/α,β-unsaturated/α-hetero) is 1. The predicted molar refractivity (Wildman–Crippen MR) is 84.9 cm³/mol. The highest BCUT2D eigenvalue weighted by Crippen LogP contribution is 2.33. The number of carbonyl (C=O) groups excluding carboxylic acids is 2. The van der Waals surface area contributed by atoms with Gasteiger partial charge in [0.2, 0.25) is 0 Å². The van der Waals surface area contributed by atoms with Gasteiger partial charge in [-0.2, -0.15) is 11.8 Å². The average molecular weight is 321 g/mol. The third-order valence-corrected chi connectivity index (χ3v) is 6.71. The Kier molecular flexibility index (Phi) is 6.22. The number of amides is 2. The van der Waals surface area contributed by atoms with Gasteiger partial charge < -0.3 is 10.6 Å². The van der Waals surface area contributed by atoms with Crippen LogP contribution in [0.1, 0.15) is 25.7 Å². The van der Waals surface area contributed by atoms with Gasteiger partial charge in [0.05, 0.1) is 17.8 Å². The first-order valence-electron chi connectivity index (χ1n) is 6.56. The van der Waals surface area contributed by atoms with E-state index in [0.29, 0.717) is 35.3 Å². The number of carbonyl (C=O) groups is 2. The molecule has 0 spiro atoms. The lowest BCUT2D eigenvalue weighted by Crippen LogP contribution is -2.36. The highest BCUT2D eigenvalue weighted by Gasteiger charge is 2.42. The molecule has 0 aliphatic carbocycles. The molecule has 2 amide bonds. The Bertz CT molecular complexity index is 341. The first kappa shape index (κ1) is 15.4. The number of fused-ring (bicyclic) bond motifs is 1. The third-order valence-electron chi connectivity index (χ3n) is 3.47. The molecule has 3 unspecified atom stereocenters. The number of thioether (sulfide) groups is 1. The zero-order valence-electron chi connectivity index (χ0n) is 11.0. The van der Waals surface area contributed by atoms with Crippen molar-refractivity contribution in [2.24, 2.45) is 0 Å². The summed E-state index contributed by atoms with van der Waals surface area (Å²) in [5.74, 6) is 1.99. The van der Waals surface area contributed by atoms with E-state index in [4.69, 9.17) is 0 Å². The van der Waals surface area contributed by atoms with E-state index in [1.807, 2.05) is 18.0 Å². The van der Waals surface area contributed by atoms with Crippen LogP contribution >= 0.6 is 33.3 Å². The molecule has 108 valence electrons. The Hall–Kier alpha value is -0.0100. The molecule has 0 aromatic heterocycles. The quantitative estimate of drug-likeness (QED) is 0.408. The molecule has 2 heterocycles. The van der Waals surface area contributed by atoms with Crippen molar-refractivity contribution < 1.29 is 9.59 Å². The van der Waals surface area contributed by atoms with Gasteiger partial charge in [-0.25, -0.2) is 4.79 Å². The maximum atomic E-state index is 11.5. The summed E-state index contributed by atoms with van der Waals surface area (Å²) in [6.07, 6.45) is 5.84. The van der Waals surface area contributed by atoms with Gasteiger partial charge in [-0.3, -0.25) is 4.79 Å². The van der Waals surface area contributed by atoms with Crippen LogP contribution in [0.15, 0.2) is 0 Å². The number of hydrogen-bond donors (Lipinski definition) is 2. The van der Waals surface area contributed by atoms with Crippen molar-refractivity contribution in [1.29, 1.82) is 0 Å². The summed E-state index contributed by atoms with van der Waals surface area (Å²) in [5, 5.41) is 6.46. The SMILES string of the molecule is CSSCC(=O)CCCCC1SCC2NC(=O)NC21. The lowest BCUT2D eigenvalue weighted by molar-refractivity contribution is -0.116. The van der Waals surface area contributed by atoms with E-state index in [1.165, 1.54) is 0 Å². The van der Waals surface area contributed by atoms with Gasteiger partial charge in [0.25, 0.3) is 0 Å². The molecule has 2 rings (SSSR count). The standard InChI is InChI=1S/C12H20N2O2S3/c1-17-19-6-8(15)4-2-3-5-10-11-9(7-18-10)13-12(16)14-11/h9-11H,2-7H2,1H3,(H2,13,14,16). The first-order valence-corrected chi connectivity index (χ1v) is 10.3. The van der Waals surface area contributed by atoms with E-state index in [-0.39, 0.29) is 6.03 Å². The van der Waals surface area contributed by atoms with Gasteiger partial charge in [0.15, 0.2) is 0 Å². The molecule has 2 aliphatic heterocycles. The van der Waals surface area contributed by atoms with Gasteiger partial charge >= 0.3 is 6.03 Å². The minimum absolute atomic E-state index is 0.0235. The highest BCUT2D eigenvalue weighted by molar-refractivity contribution is 8.76. The van der Waals surface area contributed by atoms with Crippen LogP contribution in [-0.2, 0) is 4.79 Å². The van der Waals surface area contributed by atoms with Crippen molar-refractivity contribution in [3.8, 4) is 0 Å². The summed E-state index contributed by atoms with van der Waals surface area (Å²) in [6, 6.07) is 0.576. The first-order chi connectivity index (χ1) is 9.20. The average Bonchev–Trinajstić information content (AvgIpc) is 2.92. The molecule has 3 atom stereocenters. The monoisotopic (exact) mass is 320 g/mol. The van der Waals surface area contributed by atoms with Gasteiger partial charge in [-0.15, -0.1) is 0 Å². The molecular weight excluding hydrogens is 300 g/mol. The van der Waals surface area contributed by atoms with Crippen LogP contribution < -0.4 is 10.6 Å². The molecule has 2 N–H and O–H groups in total. The number of rotatable bonds is 8. The van der Waals surface area contributed by atoms with Gasteiger partial charge in [-0.05, 0) is 19.1 Å². The maximum Gasteiger partial charge on any atom is 0.315 e. The van der Waals surface area contributed by atoms with E-state index in [9.17, 15) is 9.59 Å². The molecular formula is C12H20N2O2S3. The smallest absolute Gasteiger partial charge is 0.315 e. The van der Waals surface area contributed by atoms with Crippen molar-refractivity contribution in [3.63, 3.8) is 0 Å². The molecule has 2 aliphatic rings. The van der Waals surface area contributed by atoms with E-state index < -0.39 is 0 Å². The van der Waals surface area contributed by atoms with E-state index in [1.54, 1.807) is 21.6 Å². The Labute approximate surface area is 126 Å². The van der Waals surface area contributed by atoms with Crippen LogP contribution in [0.2, 0.25) is 0 Å². The fourth-order valence-electron chi connectivity index (χ4n) is 2.51. The largest absolute Gasteiger partial charge is 0.332 e. The second-order valence-electron chi connectivity index (χ2n) is 4.84. The number of unbranched alkanes of at least 4 members (excludes halogenated alkanes) is 1. The molecule has 19 heavy (non-hydrogen) atoms. The van der Waals surface area contributed by atoms with Crippen molar-refractivity contribution in [1.82, 2.24) is 10.6 Å². The minimum Gasteiger partial charge on any atom is -0.332 e. The highest BCUT2D eigenvalue weighted by atomic mass is 33.1. The Balaban J connectivity index is 1.59. The maximum absolute atomic E-state index is 11.5. The van der Waals surface area contributed by atoms with Gasteiger partial charge in [0.1, 0.15) is 5.78 Å². The van der Waals surface area contributed by atoms with E-state index in [2.05, 4.69) is 10.6 Å². The predicted octanol–water partition coefficient (Wildman–Crippen LogP) is 2.29. The van der Waals surface area contributed by atoms with Gasteiger partial charge in [-0.1, -0.05) is 28.0 Å². The van der Waals surface area contributed by atoms with Crippen LogP contribution in [-0.4, -0.2) is 46.9 Å². The van der Waals surface area contributed by atoms with Gasteiger partial charge in [0, 0.05) is 17.4 Å². The zero-order chi connectivity index (χ0) is 13.7. The van der Waals surface area contributed by atoms with Crippen LogP contribution in [0.3, 0.4) is 0 Å². The Morgan fingerprint density at radius 2 is 2.26 bits per heavy atom. The van der Waals surface area contributed by atoms with Crippen molar-refractivity contribution in [2.75, 3.05) is 17.8 Å². The topological polar surface area (TPSA) is 58.2 Å². The van der Waals surface area contributed by atoms with Crippen LogP contribution in [0.25, 0.3) is 0 Å². The fraction of sp³-hybridized carbons (Fsp3) is 0.833. The van der Waals surface area contributed by atoms with Crippen molar-refractivity contribution in [2.45, 2.75) is 43.0 Å². The molecule has 0 radical (unpaired) electrons. The van der Waals surface area contributed by atoms with E-state index in [0.717, 1.165) is 25.0 Å². The second-order valence-corrected chi connectivity index (χ2v) is 8.67. The molecule has 0 saturated carbocycles. The summed E-state index contributed by atoms with van der Waals surface area (Å²) >= 11 is 1.94. The molecule has 7 heteroatoms. The lowest BCUT2D eigenvalue weighted by atomic mass is 10.0. The van der Waals surface area contributed by atoms with Crippen LogP contribution in [0, 0.1) is 0 Å². The van der Waals surface area contributed by atoms with Crippen molar-refractivity contribution >= 4 is 45.2 Å². The molecule has 4 nitrogen and oxygen atoms in total. The lowest BCUT2D eigenvalue weighted by Gasteiger charge is -2.16. The second kappa shape index (κ2) is 7.69. The summed E-state index contributed by atoms with van der Waals surface area (Å²) < 4.78 is 0. The molecule has 0 aromatic rings. The summed E-state index contributed by atoms with van der Waals surface area (Å²) in [6.45, 7) is 0. The normalized spacial score (nSPS) is 28.9. The number of ketones is 1. The van der Waals surface area contributed by atoms with Crippen LogP contribution in [0.5, 0.6) is 0 Å². The Morgan fingerprint density at radius 1 is 1.42 bits per heavy atom. The number of urea groups is 1. The molecule has 2 fully saturated rings. The molecule has 0 bridgehead atoms. The minimum atomic E-state index is -0.0235. The number of nitrogens with one attached hydrogen (secondary N) is 2. The third kappa shape index (κ3) is 4.49. The molecule has 0 aromatic carbocycles.